The van der Waals surface area contributed by atoms with Crippen LogP contribution in [0.3, 0.4) is 0 Å². The predicted molar refractivity (Wildman–Crippen MR) is 68.9 cm³/mol. The normalized spacial score (nSPS) is 23.3. The van der Waals surface area contributed by atoms with Crippen molar-refractivity contribution in [2.45, 2.75) is 25.1 Å². The standard InChI is InChI=1S/C11H14BrClOS/c1-7-4-9(12)11(15-7)10(13)5-8-2-3-14-6-8/h4,8,10H,2-3,5-6H2,1H3. The molecule has 2 atom stereocenters. The Morgan fingerprint density at radius 3 is 3.07 bits per heavy atom. The molecule has 0 spiro atoms. The van der Waals surface area contributed by atoms with Crippen LogP contribution in [0.1, 0.15) is 28.0 Å². The predicted octanol–water partition coefficient (Wildman–Crippen LogP) is 4.53. The average molecular weight is 310 g/mol. The van der Waals surface area contributed by atoms with E-state index in [0.29, 0.717) is 5.92 Å². The number of aryl methyl sites for hydroxylation is 1. The highest BCUT2D eigenvalue weighted by molar-refractivity contribution is 9.10. The highest BCUT2D eigenvalue weighted by Gasteiger charge is 2.22. The van der Waals surface area contributed by atoms with Crippen LogP contribution in [0.15, 0.2) is 10.5 Å². The van der Waals surface area contributed by atoms with E-state index in [1.54, 1.807) is 11.3 Å². The molecule has 1 saturated heterocycles. The van der Waals surface area contributed by atoms with Crippen LogP contribution in [-0.2, 0) is 4.74 Å². The molecule has 1 fully saturated rings. The van der Waals surface area contributed by atoms with E-state index in [4.69, 9.17) is 16.3 Å². The Hall–Kier alpha value is 0.430. The minimum absolute atomic E-state index is 0.129. The maximum atomic E-state index is 6.43. The molecule has 0 N–H and O–H groups in total. The van der Waals surface area contributed by atoms with Gasteiger partial charge >= 0.3 is 0 Å². The largest absolute Gasteiger partial charge is 0.381 e. The van der Waals surface area contributed by atoms with Crippen molar-refractivity contribution >= 4 is 38.9 Å². The Labute approximate surface area is 108 Å². The Kier molecular flexibility index (Phi) is 4.10. The van der Waals surface area contributed by atoms with Crippen LogP contribution in [0.25, 0.3) is 0 Å². The molecule has 1 aliphatic heterocycles. The number of hydrogen-bond donors (Lipinski definition) is 0. The number of alkyl halides is 1. The van der Waals surface area contributed by atoms with Gasteiger partial charge in [0.15, 0.2) is 0 Å². The summed E-state index contributed by atoms with van der Waals surface area (Å²) in [5.74, 6) is 0.641. The molecule has 15 heavy (non-hydrogen) atoms. The zero-order chi connectivity index (χ0) is 10.8. The van der Waals surface area contributed by atoms with Crippen LogP contribution in [0.2, 0.25) is 0 Å². The smallest absolute Gasteiger partial charge is 0.0693 e. The maximum absolute atomic E-state index is 6.43. The van der Waals surface area contributed by atoms with Gasteiger partial charge in [0.05, 0.1) is 5.38 Å². The van der Waals surface area contributed by atoms with Crippen LogP contribution in [0.4, 0.5) is 0 Å². The summed E-state index contributed by atoms with van der Waals surface area (Å²) in [6.45, 7) is 3.89. The minimum atomic E-state index is 0.129. The van der Waals surface area contributed by atoms with Crippen molar-refractivity contribution in [2.75, 3.05) is 13.2 Å². The third-order valence-corrected chi connectivity index (χ3v) is 5.29. The van der Waals surface area contributed by atoms with Crippen molar-refractivity contribution in [1.29, 1.82) is 0 Å². The van der Waals surface area contributed by atoms with E-state index in [1.807, 2.05) is 0 Å². The lowest BCUT2D eigenvalue weighted by Gasteiger charge is -2.12. The molecule has 1 aromatic heterocycles. The maximum Gasteiger partial charge on any atom is 0.0693 e. The minimum Gasteiger partial charge on any atom is -0.381 e. The van der Waals surface area contributed by atoms with E-state index >= 15 is 0 Å². The molecular weight excluding hydrogens is 296 g/mol. The van der Waals surface area contributed by atoms with Crippen molar-refractivity contribution in [2.24, 2.45) is 5.92 Å². The first-order valence-corrected chi connectivity index (χ1v) is 7.19. The SMILES string of the molecule is Cc1cc(Br)c(C(Cl)CC2CCOC2)s1. The summed E-state index contributed by atoms with van der Waals surface area (Å²) in [6.07, 6.45) is 2.19. The number of halogens is 2. The van der Waals surface area contributed by atoms with Gasteiger partial charge in [-0.15, -0.1) is 22.9 Å². The monoisotopic (exact) mass is 308 g/mol. The van der Waals surface area contributed by atoms with Gasteiger partial charge < -0.3 is 4.74 Å². The van der Waals surface area contributed by atoms with Crippen molar-refractivity contribution in [3.05, 3.63) is 20.3 Å². The zero-order valence-corrected chi connectivity index (χ0v) is 11.8. The molecule has 0 saturated carbocycles. The van der Waals surface area contributed by atoms with E-state index in [9.17, 15) is 0 Å². The summed E-state index contributed by atoms with van der Waals surface area (Å²) in [6, 6.07) is 2.14. The van der Waals surface area contributed by atoms with Crippen molar-refractivity contribution in [3.63, 3.8) is 0 Å². The fraction of sp³-hybridized carbons (Fsp3) is 0.636. The molecule has 1 nitrogen and oxygen atoms in total. The van der Waals surface area contributed by atoms with Gasteiger partial charge in [0.1, 0.15) is 0 Å². The lowest BCUT2D eigenvalue weighted by atomic mass is 10.0. The summed E-state index contributed by atoms with van der Waals surface area (Å²) in [5.41, 5.74) is 0. The lowest BCUT2D eigenvalue weighted by Crippen LogP contribution is -2.02. The van der Waals surface area contributed by atoms with Crippen LogP contribution in [-0.4, -0.2) is 13.2 Å². The summed E-state index contributed by atoms with van der Waals surface area (Å²) >= 11 is 11.8. The van der Waals surface area contributed by atoms with E-state index in [2.05, 4.69) is 28.9 Å². The number of ether oxygens (including phenoxy) is 1. The summed E-state index contributed by atoms with van der Waals surface area (Å²) < 4.78 is 6.52. The fourth-order valence-electron chi connectivity index (χ4n) is 1.88. The zero-order valence-electron chi connectivity index (χ0n) is 8.63. The molecule has 0 amide bonds. The Morgan fingerprint density at radius 2 is 2.53 bits per heavy atom. The molecule has 0 radical (unpaired) electrons. The Morgan fingerprint density at radius 1 is 1.73 bits per heavy atom. The average Bonchev–Trinajstić information content (AvgIpc) is 2.75. The molecule has 0 bridgehead atoms. The molecule has 0 aromatic carbocycles. The number of rotatable bonds is 3. The third-order valence-electron chi connectivity index (χ3n) is 2.69. The van der Waals surface area contributed by atoms with Crippen LogP contribution in [0, 0.1) is 12.8 Å². The van der Waals surface area contributed by atoms with E-state index in [1.165, 1.54) is 9.75 Å². The van der Waals surface area contributed by atoms with Gasteiger partial charge in [-0.05, 0) is 47.7 Å². The first-order chi connectivity index (χ1) is 7.16. The van der Waals surface area contributed by atoms with Gasteiger partial charge in [-0.1, -0.05) is 0 Å². The summed E-state index contributed by atoms with van der Waals surface area (Å²) in [4.78, 5) is 2.58. The second-order valence-electron chi connectivity index (χ2n) is 4.00. The molecule has 1 aliphatic rings. The van der Waals surface area contributed by atoms with Gasteiger partial charge in [0.2, 0.25) is 0 Å². The number of hydrogen-bond acceptors (Lipinski definition) is 2. The highest BCUT2D eigenvalue weighted by Crippen LogP contribution is 2.39. The first-order valence-electron chi connectivity index (χ1n) is 5.14. The molecule has 84 valence electrons. The second-order valence-corrected chi connectivity index (χ2v) is 6.67. The molecule has 1 aromatic rings. The van der Waals surface area contributed by atoms with Gasteiger partial charge in [0, 0.05) is 27.4 Å². The van der Waals surface area contributed by atoms with Gasteiger partial charge in [0.25, 0.3) is 0 Å². The van der Waals surface area contributed by atoms with Gasteiger partial charge in [-0.2, -0.15) is 0 Å². The van der Waals surface area contributed by atoms with E-state index < -0.39 is 0 Å². The quantitative estimate of drug-likeness (QED) is 0.746. The van der Waals surface area contributed by atoms with Crippen LogP contribution in [0.5, 0.6) is 0 Å². The molecule has 2 unspecified atom stereocenters. The van der Waals surface area contributed by atoms with Crippen molar-refractivity contribution < 1.29 is 4.74 Å². The summed E-state index contributed by atoms with van der Waals surface area (Å²) in [5, 5.41) is 0.129. The molecule has 2 heterocycles. The Bertz CT molecular complexity index is 333. The van der Waals surface area contributed by atoms with Crippen molar-refractivity contribution in [1.82, 2.24) is 0 Å². The first kappa shape index (κ1) is 11.9. The van der Waals surface area contributed by atoms with Gasteiger partial charge in [-0.25, -0.2) is 0 Å². The van der Waals surface area contributed by atoms with E-state index in [0.717, 1.165) is 30.5 Å². The topological polar surface area (TPSA) is 9.23 Å². The van der Waals surface area contributed by atoms with Crippen LogP contribution < -0.4 is 0 Å². The van der Waals surface area contributed by atoms with E-state index in [-0.39, 0.29) is 5.38 Å². The molecule has 4 heteroatoms. The molecular formula is C11H14BrClOS. The molecule has 2 rings (SSSR count). The van der Waals surface area contributed by atoms with Crippen LogP contribution >= 0.6 is 38.9 Å². The lowest BCUT2D eigenvalue weighted by molar-refractivity contribution is 0.184. The highest BCUT2D eigenvalue weighted by atomic mass is 79.9. The number of thiophene rings is 1. The second kappa shape index (κ2) is 5.17. The fourth-order valence-corrected chi connectivity index (χ4v) is 4.44. The van der Waals surface area contributed by atoms with Gasteiger partial charge in [-0.3, -0.25) is 0 Å². The third kappa shape index (κ3) is 2.96. The molecule has 0 aliphatic carbocycles. The van der Waals surface area contributed by atoms with Crippen molar-refractivity contribution in [3.8, 4) is 0 Å². The Balaban J connectivity index is 2.00. The summed E-state index contributed by atoms with van der Waals surface area (Å²) in [7, 11) is 0.